The summed E-state index contributed by atoms with van der Waals surface area (Å²) in [6.07, 6.45) is 3.10. The van der Waals surface area contributed by atoms with E-state index in [0.29, 0.717) is 24.8 Å². The van der Waals surface area contributed by atoms with Gasteiger partial charge in [-0.1, -0.05) is 18.2 Å². The Morgan fingerprint density at radius 2 is 2.05 bits per heavy atom. The number of aliphatic hydroxyl groups is 1. The number of nitrogens with one attached hydrogen (secondary N) is 2. The third kappa shape index (κ3) is 3.74. The summed E-state index contributed by atoms with van der Waals surface area (Å²) < 4.78 is 0. The molecule has 3 rings (SSSR count). The molecule has 116 valence electrons. The van der Waals surface area contributed by atoms with Gasteiger partial charge in [0, 0.05) is 30.8 Å². The SMILES string of the molecule is Cc1ccccc1Nc1cc(C2CC2)nc(NCCCO)n1. The van der Waals surface area contributed by atoms with Crippen molar-refractivity contribution in [2.45, 2.75) is 32.1 Å². The van der Waals surface area contributed by atoms with Crippen LogP contribution in [0.5, 0.6) is 0 Å². The molecule has 3 N–H and O–H groups in total. The zero-order valence-electron chi connectivity index (χ0n) is 12.8. The molecular formula is C17H22N4O. The average molecular weight is 298 g/mol. The lowest BCUT2D eigenvalue weighted by atomic mass is 10.2. The zero-order chi connectivity index (χ0) is 15.4. The predicted molar refractivity (Wildman–Crippen MR) is 88.7 cm³/mol. The number of benzene rings is 1. The van der Waals surface area contributed by atoms with Crippen LogP contribution in [0.2, 0.25) is 0 Å². The number of hydrogen-bond acceptors (Lipinski definition) is 5. The minimum Gasteiger partial charge on any atom is -0.396 e. The Morgan fingerprint density at radius 3 is 2.77 bits per heavy atom. The van der Waals surface area contributed by atoms with Gasteiger partial charge in [0.25, 0.3) is 0 Å². The number of aromatic nitrogens is 2. The summed E-state index contributed by atoms with van der Waals surface area (Å²) in [6, 6.07) is 10.2. The summed E-state index contributed by atoms with van der Waals surface area (Å²) >= 11 is 0. The second kappa shape index (κ2) is 6.75. The zero-order valence-corrected chi connectivity index (χ0v) is 12.8. The standard InChI is InChI=1S/C17H22N4O/c1-12-5-2-3-6-14(12)19-16-11-15(13-7-8-13)20-17(21-16)18-9-4-10-22/h2-3,5-6,11,13,22H,4,7-10H2,1H3,(H2,18,19,20,21). The van der Waals surface area contributed by atoms with Crippen LogP contribution < -0.4 is 10.6 Å². The van der Waals surface area contributed by atoms with Crippen molar-refractivity contribution in [3.05, 3.63) is 41.6 Å². The topological polar surface area (TPSA) is 70.1 Å². The molecule has 1 aromatic carbocycles. The van der Waals surface area contributed by atoms with Crippen LogP contribution in [0.3, 0.4) is 0 Å². The fraction of sp³-hybridized carbons (Fsp3) is 0.412. The first-order chi connectivity index (χ1) is 10.8. The van der Waals surface area contributed by atoms with Crippen molar-refractivity contribution in [3.8, 4) is 0 Å². The van der Waals surface area contributed by atoms with Crippen LogP contribution in [0.25, 0.3) is 0 Å². The van der Waals surface area contributed by atoms with Crippen LogP contribution in [-0.4, -0.2) is 28.2 Å². The summed E-state index contributed by atoms with van der Waals surface area (Å²) in [5.41, 5.74) is 3.34. The van der Waals surface area contributed by atoms with E-state index in [1.54, 1.807) is 0 Å². The van der Waals surface area contributed by atoms with Crippen LogP contribution in [0, 0.1) is 6.92 Å². The van der Waals surface area contributed by atoms with E-state index in [4.69, 9.17) is 5.11 Å². The van der Waals surface area contributed by atoms with Crippen molar-refractivity contribution in [2.75, 3.05) is 23.8 Å². The van der Waals surface area contributed by atoms with Crippen molar-refractivity contribution in [2.24, 2.45) is 0 Å². The third-order valence-electron chi connectivity index (χ3n) is 3.77. The fourth-order valence-electron chi connectivity index (χ4n) is 2.33. The lowest BCUT2D eigenvalue weighted by Gasteiger charge is -2.12. The van der Waals surface area contributed by atoms with Gasteiger partial charge in [-0.15, -0.1) is 0 Å². The van der Waals surface area contributed by atoms with E-state index in [1.807, 2.05) is 24.3 Å². The van der Waals surface area contributed by atoms with Gasteiger partial charge in [0.05, 0.1) is 5.69 Å². The van der Waals surface area contributed by atoms with Gasteiger partial charge in [0.15, 0.2) is 0 Å². The van der Waals surface area contributed by atoms with Gasteiger partial charge in [-0.2, -0.15) is 4.98 Å². The van der Waals surface area contributed by atoms with Gasteiger partial charge < -0.3 is 15.7 Å². The second-order valence-corrected chi connectivity index (χ2v) is 5.72. The average Bonchev–Trinajstić information content (AvgIpc) is 3.35. The van der Waals surface area contributed by atoms with E-state index >= 15 is 0 Å². The molecule has 0 spiro atoms. The molecule has 5 heteroatoms. The molecule has 1 saturated carbocycles. The monoisotopic (exact) mass is 298 g/mol. The molecule has 22 heavy (non-hydrogen) atoms. The summed E-state index contributed by atoms with van der Waals surface area (Å²) in [7, 11) is 0. The molecular weight excluding hydrogens is 276 g/mol. The highest BCUT2D eigenvalue weighted by Crippen LogP contribution is 2.40. The molecule has 1 aliphatic rings. The number of nitrogens with zero attached hydrogens (tertiary/aromatic N) is 2. The molecule has 1 aromatic heterocycles. The number of aliphatic hydroxyl groups excluding tert-OH is 1. The minimum atomic E-state index is 0.170. The van der Waals surface area contributed by atoms with Gasteiger partial charge in [0.1, 0.15) is 5.82 Å². The summed E-state index contributed by atoms with van der Waals surface area (Å²) in [6.45, 7) is 2.92. The van der Waals surface area contributed by atoms with E-state index < -0.39 is 0 Å². The van der Waals surface area contributed by atoms with Crippen molar-refractivity contribution in [1.29, 1.82) is 0 Å². The van der Waals surface area contributed by atoms with E-state index in [0.717, 1.165) is 17.2 Å². The number of aryl methyl sites for hydroxylation is 1. The normalized spacial score (nSPS) is 13.9. The summed E-state index contributed by atoms with van der Waals surface area (Å²) in [4.78, 5) is 9.12. The van der Waals surface area contributed by atoms with E-state index in [2.05, 4.69) is 33.6 Å². The summed E-state index contributed by atoms with van der Waals surface area (Å²) in [5.74, 6) is 2.02. The Labute approximate surface area is 130 Å². The molecule has 5 nitrogen and oxygen atoms in total. The number of rotatable bonds is 7. The molecule has 0 radical (unpaired) electrons. The molecule has 0 aliphatic heterocycles. The van der Waals surface area contributed by atoms with Gasteiger partial charge in [-0.25, -0.2) is 4.98 Å². The first-order valence-corrected chi connectivity index (χ1v) is 7.82. The molecule has 0 amide bonds. The Hall–Kier alpha value is -2.14. The van der Waals surface area contributed by atoms with Crippen molar-refractivity contribution in [1.82, 2.24) is 9.97 Å². The van der Waals surface area contributed by atoms with E-state index in [1.165, 1.54) is 18.4 Å². The third-order valence-corrected chi connectivity index (χ3v) is 3.77. The maximum Gasteiger partial charge on any atom is 0.224 e. The Kier molecular flexibility index (Phi) is 4.53. The highest BCUT2D eigenvalue weighted by atomic mass is 16.3. The second-order valence-electron chi connectivity index (χ2n) is 5.72. The number of para-hydroxylation sites is 1. The largest absolute Gasteiger partial charge is 0.396 e. The molecule has 2 aromatic rings. The summed E-state index contributed by atoms with van der Waals surface area (Å²) in [5, 5.41) is 15.5. The maximum atomic E-state index is 8.88. The van der Waals surface area contributed by atoms with Gasteiger partial charge in [-0.05, 0) is 37.8 Å². The highest BCUT2D eigenvalue weighted by Gasteiger charge is 2.26. The van der Waals surface area contributed by atoms with Crippen molar-refractivity contribution < 1.29 is 5.11 Å². The minimum absolute atomic E-state index is 0.170. The molecule has 0 bridgehead atoms. The van der Waals surface area contributed by atoms with Gasteiger partial charge in [-0.3, -0.25) is 0 Å². The quantitative estimate of drug-likeness (QED) is 0.685. The lowest BCUT2D eigenvalue weighted by Crippen LogP contribution is -2.09. The number of hydrogen-bond donors (Lipinski definition) is 3. The predicted octanol–water partition coefficient (Wildman–Crippen LogP) is 3.20. The van der Waals surface area contributed by atoms with Crippen LogP contribution in [0.15, 0.2) is 30.3 Å². The smallest absolute Gasteiger partial charge is 0.224 e. The van der Waals surface area contributed by atoms with Crippen molar-refractivity contribution >= 4 is 17.5 Å². The fourth-order valence-corrected chi connectivity index (χ4v) is 2.33. The number of anilines is 3. The molecule has 1 heterocycles. The Morgan fingerprint density at radius 1 is 1.23 bits per heavy atom. The van der Waals surface area contributed by atoms with Crippen LogP contribution >= 0.6 is 0 Å². The molecule has 0 atom stereocenters. The Balaban J connectivity index is 1.81. The molecule has 0 saturated heterocycles. The van der Waals surface area contributed by atoms with E-state index in [9.17, 15) is 0 Å². The van der Waals surface area contributed by atoms with Crippen LogP contribution in [0.1, 0.15) is 36.4 Å². The highest BCUT2D eigenvalue weighted by molar-refractivity contribution is 5.61. The van der Waals surface area contributed by atoms with Gasteiger partial charge in [0.2, 0.25) is 5.95 Å². The molecule has 0 unspecified atom stereocenters. The van der Waals surface area contributed by atoms with Crippen LogP contribution in [-0.2, 0) is 0 Å². The molecule has 1 aliphatic carbocycles. The van der Waals surface area contributed by atoms with E-state index in [-0.39, 0.29) is 6.61 Å². The van der Waals surface area contributed by atoms with Crippen molar-refractivity contribution in [3.63, 3.8) is 0 Å². The molecule has 1 fully saturated rings. The maximum absolute atomic E-state index is 8.88. The van der Waals surface area contributed by atoms with Crippen LogP contribution in [0.4, 0.5) is 17.5 Å². The first-order valence-electron chi connectivity index (χ1n) is 7.82. The Bertz CT molecular complexity index is 640. The first kappa shape index (κ1) is 14.8. The lowest BCUT2D eigenvalue weighted by molar-refractivity contribution is 0.292. The van der Waals surface area contributed by atoms with Gasteiger partial charge >= 0.3 is 0 Å².